The number of phenols is 1. The number of hydrogen-bond donors (Lipinski definition) is 1. The molecule has 1 aliphatic carbocycles. The molecule has 5 heteroatoms. The van der Waals surface area contributed by atoms with Gasteiger partial charge in [0.25, 0.3) is 0 Å². The van der Waals surface area contributed by atoms with Crippen LogP contribution in [0, 0.1) is 16.7 Å². The molecule has 2 heterocycles. The Kier molecular flexibility index (Phi) is 3.92. The first-order valence-electron chi connectivity index (χ1n) is 8.90. The molecule has 0 saturated heterocycles. The van der Waals surface area contributed by atoms with E-state index in [1.54, 1.807) is 28.8 Å². The summed E-state index contributed by atoms with van der Waals surface area (Å²) in [7, 11) is 0. The molecule has 1 aliphatic heterocycles. The fraction of sp³-hybridized carbons (Fsp3) is 0.273. The van der Waals surface area contributed by atoms with E-state index in [-0.39, 0.29) is 16.9 Å². The van der Waals surface area contributed by atoms with Crippen molar-refractivity contribution in [3.05, 3.63) is 71.3 Å². The lowest BCUT2D eigenvalue weighted by atomic mass is 9.70. The van der Waals surface area contributed by atoms with Crippen LogP contribution in [-0.2, 0) is 9.53 Å². The monoisotopic (exact) mass is 360 g/mol. The minimum atomic E-state index is -0.500. The Morgan fingerprint density at radius 2 is 1.85 bits per heavy atom. The zero-order valence-electron chi connectivity index (χ0n) is 15.3. The molecule has 1 aromatic heterocycles. The van der Waals surface area contributed by atoms with Crippen molar-refractivity contribution in [2.45, 2.75) is 32.6 Å². The van der Waals surface area contributed by atoms with Crippen molar-refractivity contribution in [1.29, 1.82) is 5.26 Å². The number of aromatic nitrogens is 1. The maximum atomic E-state index is 13.0. The fourth-order valence-corrected chi connectivity index (χ4v) is 3.90. The molecule has 2 aromatic rings. The largest absolute Gasteiger partial charge is 0.508 e. The molecule has 0 amide bonds. The summed E-state index contributed by atoms with van der Waals surface area (Å²) >= 11 is 0. The number of Topliss-reactive ketones (excluding diaryl/α,β-unsaturated/α-hetero) is 1. The van der Waals surface area contributed by atoms with Crippen LogP contribution < -0.4 is 0 Å². The van der Waals surface area contributed by atoms with Gasteiger partial charge < -0.3 is 9.84 Å². The second-order valence-corrected chi connectivity index (χ2v) is 7.83. The van der Waals surface area contributed by atoms with E-state index < -0.39 is 5.92 Å². The number of nitriles is 1. The number of allylic oxidation sites excluding steroid dienone is 3. The molecule has 27 heavy (non-hydrogen) atoms. The Balaban J connectivity index is 1.94. The Hall–Kier alpha value is -3.26. The average molecular weight is 360 g/mol. The van der Waals surface area contributed by atoms with Crippen molar-refractivity contribution in [2.24, 2.45) is 5.41 Å². The molecular formula is C22H20N2O3. The number of nitrogens with zero attached hydrogens (tertiary/aromatic N) is 2. The topological polar surface area (TPSA) is 75.2 Å². The van der Waals surface area contributed by atoms with Crippen molar-refractivity contribution in [1.82, 2.24) is 4.57 Å². The third-order valence-electron chi connectivity index (χ3n) is 5.09. The maximum absolute atomic E-state index is 13.0. The van der Waals surface area contributed by atoms with E-state index in [0.29, 0.717) is 35.6 Å². The van der Waals surface area contributed by atoms with Gasteiger partial charge in [0.05, 0.1) is 5.92 Å². The quantitative estimate of drug-likeness (QED) is 0.864. The highest BCUT2D eigenvalue weighted by atomic mass is 16.5. The van der Waals surface area contributed by atoms with Crippen molar-refractivity contribution in [2.75, 3.05) is 0 Å². The number of phenolic OH excluding ortho intramolecular Hbond substituents is 1. The summed E-state index contributed by atoms with van der Waals surface area (Å²) in [5.41, 5.74) is 1.55. The zero-order chi connectivity index (χ0) is 19.2. The van der Waals surface area contributed by atoms with Gasteiger partial charge in [-0.3, -0.25) is 9.36 Å². The molecule has 5 nitrogen and oxygen atoms in total. The summed E-state index contributed by atoms with van der Waals surface area (Å²) < 4.78 is 7.91. The number of ether oxygens (including phenoxy) is 1. The van der Waals surface area contributed by atoms with Crippen LogP contribution in [0.2, 0.25) is 0 Å². The van der Waals surface area contributed by atoms with Gasteiger partial charge >= 0.3 is 0 Å². The predicted molar refractivity (Wildman–Crippen MR) is 100 cm³/mol. The van der Waals surface area contributed by atoms with E-state index in [9.17, 15) is 15.2 Å². The Morgan fingerprint density at radius 1 is 1.19 bits per heavy atom. The van der Waals surface area contributed by atoms with Crippen molar-refractivity contribution < 1.29 is 14.6 Å². The minimum absolute atomic E-state index is 0.0126. The molecular weight excluding hydrogens is 340 g/mol. The molecule has 4 rings (SSSR count). The van der Waals surface area contributed by atoms with Gasteiger partial charge in [-0.25, -0.2) is 0 Å². The van der Waals surface area contributed by atoms with E-state index in [1.165, 1.54) is 0 Å². The smallest absolute Gasteiger partial charge is 0.218 e. The fourth-order valence-electron chi connectivity index (χ4n) is 3.90. The summed E-state index contributed by atoms with van der Waals surface area (Å²) in [6.45, 7) is 4.10. The lowest BCUT2D eigenvalue weighted by Crippen LogP contribution is -2.32. The molecule has 1 N–H and O–H groups in total. The van der Waals surface area contributed by atoms with Crippen LogP contribution in [0.3, 0.4) is 0 Å². The highest BCUT2D eigenvalue weighted by Crippen LogP contribution is 2.49. The highest BCUT2D eigenvalue weighted by Gasteiger charge is 2.43. The summed E-state index contributed by atoms with van der Waals surface area (Å²) in [6, 6.07) is 12.7. The van der Waals surface area contributed by atoms with E-state index in [1.807, 2.05) is 38.4 Å². The van der Waals surface area contributed by atoms with Gasteiger partial charge in [0.2, 0.25) is 5.88 Å². The van der Waals surface area contributed by atoms with Crippen LogP contribution in [0.4, 0.5) is 0 Å². The number of ketones is 1. The number of rotatable bonds is 2. The van der Waals surface area contributed by atoms with E-state index in [0.717, 1.165) is 5.56 Å². The molecule has 0 radical (unpaired) electrons. The van der Waals surface area contributed by atoms with Gasteiger partial charge in [0.15, 0.2) is 5.78 Å². The van der Waals surface area contributed by atoms with Gasteiger partial charge in [0, 0.05) is 30.8 Å². The van der Waals surface area contributed by atoms with Crippen molar-refractivity contribution >= 4 is 11.7 Å². The summed E-state index contributed by atoms with van der Waals surface area (Å²) in [5, 5.41) is 19.6. The standard InChI is InChI=1S/C22H20N2O3/c1-22(2)11-17(26)20-18(12-22)27-21(24-9-3-4-10-24)16(13-23)19(20)14-5-7-15(25)8-6-14/h3-10,19,25H,11-12H2,1-2H3/t19-/m1/s1. The van der Waals surface area contributed by atoms with Crippen LogP contribution in [0.1, 0.15) is 38.2 Å². The number of hydrogen-bond acceptors (Lipinski definition) is 4. The van der Waals surface area contributed by atoms with Crippen LogP contribution >= 0.6 is 0 Å². The Bertz CT molecular complexity index is 1000. The molecule has 0 fully saturated rings. The maximum Gasteiger partial charge on any atom is 0.218 e. The van der Waals surface area contributed by atoms with Crippen molar-refractivity contribution in [3.8, 4) is 11.8 Å². The van der Waals surface area contributed by atoms with Gasteiger partial charge in [-0.1, -0.05) is 26.0 Å². The second kappa shape index (κ2) is 6.17. The van der Waals surface area contributed by atoms with Gasteiger partial charge in [0.1, 0.15) is 23.2 Å². The van der Waals surface area contributed by atoms with Gasteiger partial charge in [-0.2, -0.15) is 5.26 Å². The van der Waals surface area contributed by atoms with Gasteiger partial charge in [-0.15, -0.1) is 0 Å². The molecule has 1 aromatic carbocycles. The first-order valence-corrected chi connectivity index (χ1v) is 8.90. The third kappa shape index (κ3) is 2.93. The van der Waals surface area contributed by atoms with Crippen LogP contribution in [-0.4, -0.2) is 15.5 Å². The van der Waals surface area contributed by atoms with Gasteiger partial charge in [-0.05, 0) is 35.2 Å². The first-order chi connectivity index (χ1) is 12.9. The summed E-state index contributed by atoms with van der Waals surface area (Å²) in [5.74, 6) is 0.727. The number of carbonyl (C=O) groups is 1. The van der Waals surface area contributed by atoms with Crippen molar-refractivity contribution in [3.63, 3.8) is 0 Å². The highest BCUT2D eigenvalue weighted by molar-refractivity contribution is 6.00. The van der Waals surface area contributed by atoms with E-state index in [4.69, 9.17) is 4.74 Å². The molecule has 0 unspecified atom stereocenters. The number of benzene rings is 1. The zero-order valence-corrected chi connectivity index (χ0v) is 15.3. The number of aromatic hydroxyl groups is 1. The second-order valence-electron chi connectivity index (χ2n) is 7.83. The van der Waals surface area contributed by atoms with Crippen LogP contribution in [0.25, 0.3) is 5.88 Å². The molecule has 2 aliphatic rings. The Morgan fingerprint density at radius 3 is 2.48 bits per heavy atom. The third-order valence-corrected chi connectivity index (χ3v) is 5.09. The molecule has 1 atom stereocenters. The summed E-state index contributed by atoms with van der Waals surface area (Å²) in [6.07, 6.45) is 4.69. The normalized spacial score (nSPS) is 21.5. The predicted octanol–water partition coefficient (Wildman–Crippen LogP) is 4.34. The van der Waals surface area contributed by atoms with Crippen LogP contribution in [0.15, 0.2) is 65.7 Å². The van der Waals surface area contributed by atoms with Crippen LogP contribution in [0.5, 0.6) is 5.75 Å². The molecule has 136 valence electrons. The van der Waals surface area contributed by atoms with E-state index >= 15 is 0 Å². The number of carbonyl (C=O) groups excluding carboxylic acids is 1. The lowest BCUT2D eigenvalue weighted by molar-refractivity contribution is -0.118. The summed E-state index contributed by atoms with van der Waals surface area (Å²) in [4.78, 5) is 13.0. The minimum Gasteiger partial charge on any atom is -0.508 e. The molecule has 0 spiro atoms. The SMILES string of the molecule is CC1(C)CC(=O)C2=C(C1)OC(n1cccc1)=C(C#N)[C@H]2c1ccc(O)cc1. The molecule has 0 saturated carbocycles. The molecule has 0 bridgehead atoms. The van der Waals surface area contributed by atoms with E-state index in [2.05, 4.69) is 6.07 Å². The Labute approximate surface area is 157 Å². The first kappa shape index (κ1) is 17.2. The average Bonchev–Trinajstić information content (AvgIpc) is 3.14. The lowest BCUT2D eigenvalue weighted by Gasteiger charge is -2.38.